The Bertz CT molecular complexity index is 538. The first-order valence-corrected chi connectivity index (χ1v) is 7.02. The number of rotatable bonds is 2. The van der Waals surface area contributed by atoms with Crippen LogP contribution < -0.4 is 0 Å². The van der Waals surface area contributed by atoms with Gasteiger partial charge in [-0.15, -0.1) is 0 Å². The highest BCUT2D eigenvalue weighted by Crippen LogP contribution is 2.27. The molecule has 0 radical (unpaired) electrons. The van der Waals surface area contributed by atoms with Crippen LogP contribution in [0.2, 0.25) is 10.3 Å². The van der Waals surface area contributed by atoms with E-state index in [1.54, 1.807) is 0 Å². The highest BCUT2D eigenvalue weighted by Gasteiger charge is 2.09. The molecule has 0 saturated heterocycles. The Hall–Kier alpha value is -0.160. The van der Waals surface area contributed by atoms with Crippen LogP contribution in [0.25, 0.3) is 0 Å². The van der Waals surface area contributed by atoms with E-state index in [1.165, 1.54) is 0 Å². The van der Waals surface area contributed by atoms with Gasteiger partial charge in [0, 0.05) is 10.9 Å². The molecule has 0 amide bonds. The van der Waals surface area contributed by atoms with E-state index in [0.717, 1.165) is 10.0 Å². The molecule has 0 spiro atoms. The SMILES string of the molecule is Clc1nc(Cc2cccc(Br)c2)nc(Cl)c1Br. The van der Waals surface area contributed by atoms with Gasteiger partial charge in [-0.1, -0.05) is 51.3 Å². The van der Waals surface area contributed by atoms with Crippen LogP contribution in [0.4, 0.5) is 0 Å². The maximum absolute atomic E-state index is 5.92. The molecule has 0 unspecified atom stereocenters. The van der Waals surface area contributed by atoms with E-state index in [2.05, 4.69) is 41.8 Å². The van der Waals surface area contributed by atoms with Gasteiger partial charge in [0.15, 0.2) is 0 Å². The van der Waals surface area contributed by atoms with E-state index in [-0.39, 0.29) is 0 Å². The molecule has 0 saturated carbocycles. The molecule has 1 heterocycles. The largest absolute Gasteiger partial charge is 0.220 e. The minimum atomic E-state index is 0.329. The molecule has 0 aliphatic rings. The number of aromatic nitrogens is 2. The monoisotopic (exact) mass is 394 g/mol. The molecule has 0 atom stereocenters. The van der Waals surface area contributed by atoms with Crippen molar-refractivity contribution >= 4 is 55.1 Å². The summed E-state index contributed by atoms with van der Waals surface area (Å²) in [6.07, 6.45) is 0.589. The predicted molar refractivity (Wildman–Crippen MR) is 76.7 cm³/mol. The Morgan fingerprint density at radius 3 is 2.29 bits per heavy atom. The lowest BCUT2D eigenvalue weighted by molar-refractivity contribution is 0.962. The fourth-order valence-electron chi connectivity index (χ4n) is 1.34. The van der Waals surface area contributed by atoms with Crippen LogP contribution in [0.15, 0.2) is 33.2 Å². The first kappa shape index (κ1) is 13.3. The lowest BCUT2D eigenvalue weighted by Crippen LogP contribution is -1.98. The summed E-state index contributed by atoms with van der Waals surface area (Å²) in [6, 6.07) is 7.93. The van der Waals surface area contributed by atoms with E-state index < -0.39 is 0 Å². The topological polar surface area (TPSA) is 25.8 Å². The van der Waals surface area contributed by atoms with Crippen molar-refractivity contribution in [2.75, 3.05) is 0 Å². The Morgan fingerprint density at radius 2 is 1.71 bits per heavy atom. The summed E-state index contributed by atoms with van der Waals surface area (Å²) in [5.74, 6) is 0.598. The maximum atomic E-state index is 5.92. The second-order valence-electron chi connectivity index (χ2n) is 3.34. The lowest BCUT2D eigenvalue weighted by Gasteiger charge is -2.04. The predicted octanol–water partition coefficient (Wildman–Crippen LogP) is 4.90. The van der Waals surface area contributed by atoms with Gasteiger partial charge in [0.25, 0.3) is 0 Å². The van der Waals surface area contributed by atoms with Crippen molar-refractivity contribution in [1.29, 1.82) is 0 Å². The minimum Gasteiger partial charge on any atom is -0.220 e. The molecule has 88 valence electrons. The summed E-state index contributed by atoms with van der Waals surface area (Å²) in [7, 11) is 0. The van der Waals surface area contributed by atoms with Crippen LogP contribution in [0.5, 0.6) is 0 Å². The van der Waals surface area contributed by atoms with E-state index in [9.17, 15) is 0 Å². The van der Waals surface area contributed by atoms with Gasteiger partial charge >= 0.3 is 0 Å². The Balaban J connectivity index is 2.31. The van der Waals surface area contributed by atoms with Gasteiger partial charge in [-0.05, 0) is 33.6 Å². The lowest BCUT2D eigenvalue weighted by atomic mass is 10.1. The third-order valence-corrected chi connectivity index (χ3v) is 4.32. The van der Waals surface area contributed by atoms with E-state index in [0.29, 0.717) is 27.0 Å². The molecule has 2 rings (SSSR count). The second-order valence-corrected chi connectivity index (χ2v) is 5.77. The zero-order chi connectivity index (χ0) is 12.4. The first-order valence-electron chi connectivity index (χ1n) is 4.68. The van der Waals surface area contributed by atoms with Crippen LogP contribution >= 0.6 is 55.1 Å². The molecular formula is C11H6Br2Cl2N2. The molecule has 6 heteroatoms. The van der Waals surface area contributed by atoms with E-state index in [1.807, 2.05) is 24.3 Å². The summed E-state index contributed by atoms with van der Waals surface area (Å²) in [6.45, 7) is 0. The zero-order valence-electron chi connectivity index (χ0n) is 8.42. The second kappa shape index (κ2) is 5.65. The Morgan fingerprint density at radius 1 is 1.06 bits per heavy atom. The molecule has 17 heavy (non-hydrogen) atoms. The van der Waals surface area contributed by atoms with Crippen molar-refractivity contribution in [3.63, 3.8) is 0 Å². The molecule has 2 nitrogen and oxygen atoms in total. The minimum absolute atomic E-state index is 0.329. The molecule has 0 bridgehead atoms. The van der Waals surface area contributed by atoms with Crippen molar-refractivity contribution in [3.05, 3.63) is 54.9 Å². The van der Waals surface area contributed by atoms with Gasteiger partial charge < -0.3 is 0 Å². The molecule has 0 aliphatic heterocycles. The van der Waals surface area contributed by atoms with Crippen molar-refractivity contribution in [3.8, 4) is 0 Å². The van der Waals surface area contributed by atoms with Gasteiger partial charge in [0.2, 0.25) is 0 Å². The zero-order valence-corrected chi connectivity index (χ0v) is 13.1. The third-order valence-electron chi connectivity index (χ3n) is 2.07. The van der Waals surface area contributed by atoms with Crippen LogP contribution in [0.3, 0.4) is 0 Å². The number of hydrogen-bond acceptors (Lipinski definition) is 2. The van der Waals surface area contributed by atoms with Crippen LogP contribution in [-0.2, 0) is 6.42 Å². The maximum Gasteiger partial charge on any atom is 0.148 e. The summed E-state index contributed by atoms with van der Waals surface area (Å²) >= 11 is 18.5. The van der Waals surface area contributed by atoms with Gasteiger partial charge in [-0.2, -0.15) is 0 Å². The first-order chi connectivity index (χ1) is 8.06. The van der Waals surface area contributed by atoms with Crippen LogP contribution in [0.1, 0.15) is 11.4 Å². The van der Waals surface area contributed by atoms with Crippen molar-refractivity contribution in [2.24, 2.45) is 0 Å². The summed E-state index contributed by atoms with van der Waals surface area (Å²) < 4.78 is 1.54. The van der Waals surface area contributed by atoms with E-state index >= 15 is 0 Å². The summed E-state index contributed by atoms with van der Waals surface area (Å²) in [5, 5.41) is 0.657. The number of hydrogen-bond donors (Lipinski definition) is 0. The normalized spacial score (nSPS) is 10.6. The molecule has 0 fully saturated rings. The van der Waals surface area contributed by atoms with Crippen molar-refractivity contribution in [1.82, 2.24) is 9.97 Å². The highest BCUT2D eigenvalue weighted by atomic mass is 79.9. The molecule has 0 N–H and O–H groups in total. The van der Waals surface area contributed by atoms with Gasteiger partial charge in [0.1, 0.15) is 16.1 Å². The van der Waals surface area contributed by atoms with Crippen molar-refractivity contribution in [2.45, 2.75) is 6.42 Å². The number of nitrogens with zero attached hydrogens (tertiary/aromatic N) is 2. The van der Waals surface area contributed by atoms with E-state index in [4.69, 9.17) is 23.2 Å². The Kier molecular flexibility index (Phi) is 4.42. The van der Waals surface area contributed by atoms with Gasteiger partial charge in [-0.25, -0.2) is 9.97 Å². The fraction of sp³-hybridized carbons (Fsp3) is 0.0909. The molecular weight excluding hydrogens is 391 g/mol. The third kappa shape index (κ3) is 3.41. The molecule has 1 aromatic carbocycles. The fourth-order valence-corrected chi connectivity index (χ4v) is 2.39. The number of halogens is 4. The summed E-state index contributed by atoms with van der Waals surface area (Å²) in [5.41, 5.74) is 1.09. The van der Waals surface area contributed by atoms with Crippen molar-refractivity contribution < 1.29 is 0 Å². The Labute approximate surface area is 126 Å². The van der Waals surface area contributed by atoms with Crippen LogP contribution in [-0.4, -0.2) is 9.97 Å². The quantitative estimate of drug-likeness (QED) is 0.675. The van der Waals surface area contributed by atoms with Gasteiger partial charge in [-0.3, -0.25) is 0 Å². The highest BCUT2D eigenvalue weighted by molar-refractivity contribution is 9.10. The standard InChI is InChI=1S/C11H6Br2Cl2N2/c12-7-3-1-2-6(4-7)5-8-16-10(14)9(13)11(15)17-8/h1-4H,5H2. The number of benzene rings is 1. The average molecular weight is 397 g/mol. The molecule has 2 aromatic rings. The van der Waals surface area contributed by atoms with Crippen LogP contribution in [0, 0.1) is 0 Å². The molecule has 1 aromatic heterocycles. The summed E-state index contributed by atoms with van der Waals surface area (Å²) in [4.78, 5) is 8.33. The van der Waals surface area contributed by atoms with Gasteiger partial charge in [0.05, 0.1) is 4.47 Å². The molecule has 0 aliphatic carbocycles. The smallest absolute Gasteiger partial charge is 0.148 e. The average Bonchev–Trinajstić information content (AvgIpc) is 2.26.